The standard InChI is InChI=1S/C7H4BrF3INO/c1-3-6(12)4(8)2-5(13-3)14-7(9,10)11/h2H,1H3. The van der Waals surface area contributed by atoms with E-state index in [0.29, 0.717) is 10.2 Å². The average molecular weight is 382 g/mol. The molecule has 7 heteroatoms. The van der Waals surface area contributed by atoms with Gasteiger partial charge in [-0.15, -0.1) is 13.2 Å². The fourth-order valence-electron chi connectivity index (χ4n) is 0.762. The van der Waals surface area contributed by atoms with E-state index in [4.69, 9.17) is 0 Å². The number of alkyl halides is 3. The molecule has 0 spiro atoms. The van der Waals surface area contributed by atoms with Crippen LogP contribution in [-0.2, 0) is 0 Å². The largest absolute Gasteiger partial charge is 0.574 e. The smallest absolute Gasteiger partial charge is 0.388 e. The first kappa shape index (κ1) is 12.0. The molecule has 0 saturated heterocycles. The number of aryl methyl sites for hydroxylation is 1. The minimum absolute atomic E-state index is 0.456. The van der Waals surface area contributed by atoms with E-state index in [1.807, 2.05) is 22.6 Å². The van der Waals surface area contributed by atoms with Crippen LogP contribution in [0.2, 0.25) is 0 Å². The van der Waals surface area contributed by atoms with E-state index < -0.39 is 12.2 Å². The number of ether oxygens (including phenoxy) is 1. The summed E-state index contributed by atoms with van der Waals surface area (Å²) >= 11 is 5.09. The topological polar surface area (TPSA) is 22.1 Å². The molecule has 2 nitrogen and oxygen atoms in total. The molecule has 1 heterocycles. The first-order valence-electron chi connectivity index (χ1n) is 3.38. The van der Waals surface area contributed by atoms with Crippen molar-refractivity contribution in [2.45, 2.75) is 13.3 Å². The molecule has 0 unspecified atom stereocenters. The van der Waals surface area contributed by atoms with Crippen molar-refractivity contribution in [3.63, 3.8) is 0 Å². The Morgan fingerprint density at radius 1 is 1.50 bits per heavy atom. The highest BCUT2D eigenvalue weighted by Crippen LogP contribution is 2.28. The number of pyridine rings is 1. The summed E-state index contributed by atoms with van der Waals surface area (Å²) in [6.07, 6.45) is -4.70. The summed E-state index contributed by atoms with van der Waals surface area (Å²) in [6, 6.07) is 1.18. The number of hydrogen-bond acceptors (Lipinski definition) is 2. The maximum absolute atomic E-state index is 11.8. The maximum atomic E-state index is 11.8. The molecule has 0 saturated carbocycles. The summed E-state index contributed by atoms with van der Waals surface area (Å²) in [5.74, 6) is -0.456. The van der Waals surface area contributed by atoms with Gasteiger partial charge in [-0.2, -0.15) is 0 Å². The van der Waals surface area contributed by atoms with Crippen molar-refractivity contribution in [1.29, 1.82) is 0 Å². The van der Waals surface area contributed by atoms with Gasteiger partial charge in [0.2, 0.25) is 5.88 Å². The Morgan fingerprint density at radius 2 is 2.07 bits per heavy atom. The van der Waals surface area contributed by atoms with Gasteiger partial charge in [-0.1, -0.05) is 0 Å². The Bertz CT molecular complexity index is 332. The molecule has 0 aliphatic rings. The van der Waals surface area contributed by atoms with Crippen LogP contribution in [0, 0.1) is 10.5 Å². The minimum atomic E-state index is -4.70. The maximum Gasteiger partial charge on any atom is 0.574 e. The molecule has 0 fully saturated rings. The normalized spacial score (nSPS) is 11.6. The van der Waals surface area contributed by atoms with Crippen LogP contribution in [0.4, 0.5) is 13.2 Å². The highest BCUT2D eigenvalue weighted by molar-refractivity contribution is 14.1. The van der Waals surface area contributed by atoms with E-state index in [0.717, 1.165) is 3.57 Å². The van der Waals surface area contributed by atoms with Crippen molar-refractivity contribution in [3.8, 4) is 5.88 Å². The van der Waals surface area contributed by atoms with Gasteiger partial charge in [0.1, 0.15) is 0 Å². The van der Waals surface area contributed by atoms with Crippen molar-refractivity contribution < 1.29 is 17.9 Å². The lowest BCUT2D eigenvalue weighted by Crippen LogP contribution is -2.18. The van der Waals surface area contributed by atoms with Crippen molar-refractivity contribution in [2.75, 3.05) is 0 Å². The van der Waals surface area contributed by atoms with Gasteiger partial charge in [0, 0.05) is 14.1 Å². The van der Waals surface area contributed by atoms with Crippen LogP contribution >= 0.6 is 38.5 Å². The SMILES string of the molecule is Cc1nc(OC(F)(F)F)cc(Br)c1I. The predicted molar refractivity (Wildman–Crippen MR) is 56.1 cm³/mol. The molecule has 0 aromatic carbocycles. The third kappa shape index (κ3) is 3.26. The number of hydrogen-bond donors (Lipinski definition) is 0. The van der Waals surface area contributed by atoms with Crippen LogP contribution in [0.1, 0.15) is 5.69 Å². The van der Waals surface area contributed by atoms with Crippen molar-refractivity contribution in [3.05, 3.63) is 19.8 Å². The number of halogens is 5. The highest BCUT2D eigenvalue weighted by Gasteiger charge is 2.32. The fourth-order valence-corrected chi connectivity index (χ4v) is 1.52. The molecule has 0 bridgehead atoms. The molecule has 0 atom stereocenters. The second-order valence-corrected chi connectivity index (χ2v) is 4.32. The first-order chi connectivity index (χ1) is 6.29. The summed E-state index contributed by atoms with van der Waals surface area (Å²) in [4.78, 5) is 3.64. The Kier molecular flexibility index (Phi) is 3.62. The third-order valence-corrected chi connectivity index (χ3v) is 4.00. The second kappa shape index (κ2) is 4.21. The lowest BCUT2D eigenvalue weighted by molar-refractivity contribution is -0.276. The van der Waals surface area contributed by atoms with Gasteiger partial charge in [0.15, 0.2) is 0 Å². The third-order valence-electron chi connectivity index (χ3n) is 1.28. The van der Waals surface area contributed by atoms with Crippen molar-refractivity contribution >= 4 is 38.5 Å². The highest BCUT2D eigenvalue weighted by atomic mass is 127. The molecule has 1 rings (SSSR count). The van der Waals surface area contributed by atoms with Gasteiger partial charge >= 0.3 is 6.36 Å². The minimum Gasteiger partial charge on any atom is -0.388 e. The lowest BCUT2D eigenvalue weighted by atomic mass is 10.4. The molecule has 0 aliphatic carbocycles. The Balaban J connectivity index is 3.02. The predicted octanol–water partition coefficient (Wildman–Crippen LogP) is 3.66. The quantitative estimate of drug-likeness (QED) is 0.693. The van der Waals surface area contributed by atoms with Crippen LogP contribution in [0.25, 0.3) is 0 Å². The van der Waals surface area contributed by atoms with E-state index in [9.17, 15) is 13.2 Å². The summed E-state index contributed by atoms with van der Waals surface area (Å²) in [5, 5.41) is 0. The van der Waals surface area contributed by atoms with Gasteiger partial charge < -0.3 is 4.74 Å². The van der Waals surface area contributed by atoms with Gasteiger partial charge in [0.05, 0.1) is 5.69 Å². The van der Waals surface area contributed by atoms with Crippen molar-refractivity contribution in [2.24, 2.45) is 0 Å². The fraction of sp³-hybridized carbons (Fsp3) is 0.286. The zero-order valence-electron chi connectivity index (χ0n) is 6.82. The summed E-state index contributed by atoms with van der Waals surface area (Å²) in [5.41, 5.74) is 0.485. The molecule has 1 aromatic rings. The number of rotatable bonds is 1. The molecule has 78 valence electrons. The molecule has 14 heavy (non-hydrogen) atoms. The second-order valence-electron chi connectivity index (χ2n) is 2.39. The van der Waals surface area contributed by atoms with Crippen LogP contribution in [-0.4, -0.2) is 11.3 Å². The molecule has 1 aromatic heterocycles. The van der Waals surface area contributed by atoms with Crippen LogP contribution in [0.3, 0.4) is 0 Å². The molecule has 0 radical (unpaired) electrons. The zero-order valence-corrected chi connectivity index (χ0v) is 10.6. The van der Waals surface area contributed by atoms with Gasteiger partial charge in [-0.3, -0.25) is 0 Å². The van der Waals surface area contributed by atoms with E-state index in [2.05, 4.69) is 25.7 Å². The van der Waals surface area contributed by atoms with Gasteiger partial charge in [0.25, 0.3) is 0 Å². The molecular weight excluding hydrogens is 378 g/mol. The van der Waals surface area contributed by atoms with Gasteiger partial charge in [-0.05, 0) is 45.4 Å². The van der Waals surface area contributed by atoms with Crippen LogP contribution in [0.5, 0.6) is 5.88 Å². The molecule has 0 N–H and O–H groups in total. The zero-order chi connectivity index (χ0) is 10.9. The number of nitrogens with zero attached hydrogens (tertiary/aromatic N) is 1. The number of aromatic nitrogens is 1. The summed E-state index contributed by atoms with van der Waals surface area (Å²) in [6.45, 7) is 1.61. The lowest BCUT2D eigenvalue weighted by Gasteiger charge is -2.09. The van der Waals surface area contributed by atoms with Crippen molar-refractivity contribution in [1.82, 2.24) is 4.98 Å². The Labute approximate surface area is 100 Å². The Hall–Kier alpha value is -0.0500. The summed E-state index contributed by atoms with van der Waals surface area (Å²) < 4.78 is 40.4. The van der Waals surface area contributed by atoms with Gasteiger partial charge in [-0.25, -0.2) is 4.98 Å². The van der Waals surface area contributed by atoms with E-state index in [-0.39, 0.29) is 0 Å². The van der Waals surface area contributed by atoms with Crippen LogP contribution in [0.15, 0.2) is 10.5 Å². The Morgan fingerprint density at radius 3 is 2.50 bits per heavy atom. The van der Waals surface area contributed by atoms with E-state index in [1.165, 1.54) is 6.07 Å². The van der Waals surface area contributed by atoms with Crippen LogP contribution < -0.4 is 4.74 Å². The van der Waals surface area contributed by atoms with E-state index >= 15 is 0 Å². The molecule has 0 amide bonds. The first-order valence-corrected chi connectivity index (χ1v) is 5.25. The molecule has 0 aliphatic heterocycles. The molecular formula is C7H4BrF3INO. The average Bonchev–Trinajstić information content (AvgIpc) is 1.96. The van der Waals surface area contributed by atoms with E-state index in [1.54, 1.807) is 6.92 Å². The summed E-state index contributed by atoms with van der Waals surface area (Å²) in [7, 11) is 0. The monoisotopic (exact) mass is 381 g/mol.